The van der Waals surface area contributed by atoms with E-state index in [0.717, 1.165) is 5.56 Å². The van der Waals surface area contributed by atoms with E-state index in [4.69, 9.17) is 14.3 Å². The molecule has 11 heteroatoms. The monoisotopic (exact) mass is 437 g/mol. The standard InChI is InChI=1S/C21H23N7O4/c1-14-12-30-19(32-14)11-18(29)23-17-10-6-9-16(22-17)13-31-25-20(15-7-4-3-5-8-15)21-24-26-27-28(21)2/h3-10,14,19H,11-13H2,1-2H3,(H,22,23,29). The highest BCUT2D eigenvalue weighted by molar-refractivity contribution is 6.10. The molecule has 1 fully saturated rings. The Labute approximate surface area is 184 Å². The molecule has 1 saturated heterocycles. The smallest absolute Gasteiger partial charge is 0.230 e. The maximum absolute atomic E-state index is 12.2. The number of aryl methyl sites for hydroxylation is 1. The lowest BCUT2D eigenvalue weighted by Gasteiger charge is -2.10. The zero-order valence-corrected chi connectivity index (χ0v) is 17.7. The molecule has 0 radical (unpaired) electrons. The number of hydrogen-bond acceptors (Lipinski definition) is 9. The summed E-state index contributed by atoms with van der Waals surface area (Å²) in [6.07, 6.45) is -0.439. The molecule has 0 saturated carbocycles. The van der Waals surface area contributed by atoms with E-state index in [0.29, 0.717) is 29.7 Å². The Balaban J connectivity index is 1.40. The van der Waals surface area contributed by atoms with Gasteiger partial charge < -0.3 is 19.6 Å². The van der Waals surface area contributed by atoms with Crippen LogP contribution in [0, 0.1) is 0 Å². The SMILES string of the molecule is CC1COC(CC(=O)Nc2cccc(CON=C(c3ccccc3)c3nnnn3C)n2)O1. The number of aromatic nitrogens is 5. The molecular formula is C21H23N7O4. The lowest BCUT2D eigenvalue weighted by molar-refractivity contribution is -0.125. The van der Waals surface area contributed by atoms with Gasteiger partial charge in [-0.2, -0.15) is 0 Å². The summed E-state index contributed by atoms with van der Waals surface area (Å²) in [5.74, 6) is 0.636. The van der Waals surface area contributed by atoms with E-state index in [2.05, 4.69) is 31.0 Å². The Bertz CT molecular complexity index is 1090. The summed E-state index contributed by atoms with van der Waals surface area (Å²) in [7, 11) is 1.73. The van der Waals surface area contributed by atoms with Gasteiger partial charge in [-0.25, -0.2) is 9.67 Å². The number of ether oxygens (including phenoxy) is 2. The number of hydrogen-bond donors (Lipinski definition) is 1. The number of amides is 1. The summed E-state index contributed by atoms with van der Waals surface area (Å²) in [6, 6.07) is 14.7. The van der Waals surface area contributed by atoms with Crippen LogP contribution in [-0.4, -0.2) is 55.8 Å². The summed E-state index contributed by atoms with van der Waals surface area (Å²) in [5.41, 5.74) is 1.90. The Morgan fingerprint density at radius 1 is 1.25 bits per heavy atom. The summed E-state index contributed by atoms with van der Waals surface area (Å²) in [5, 5.41) is 18.5. The number of pyridine rings is 1. The van der Waals surface area contributed by atoms with Crippen LogP contribution in [0.2, 0.25) is 0 Å². The van der Waals surface area contributed by atoms with E-state index in [-0.39, 0.29) is 25.0 Å². The molecule has 0 aliphatic carbocycles. The number of nitrogens with one attached hydrogen (secondary N) is 1. The summed E-state index contributed by atoms with van der Waals surface area (Å²) < 4.78 is 12.4. The molecule has 3 aromatic rings. The third-order valence-corrected chi connectivity index (χ3v) is 4.57. The van der Waals surface area contributed by atoms with E-state index >= 15 is 0 Å². The molecule has 0 bridgehead atoms. The van der Waals surface area contributed by atoms with Crippen molar-refractivity contribution in [2.75, 3.05) is 11.9 Å². The van der Waals surface area contributed by atoms with Gasteiger partial charge in [0.1, 0.15) is 5.82 Å². The second kappa shape index (κ2) is 10.1. The third-order valence-electron chi connectivity index (χ3n) is 4.57. The number of nitrogens with zero attached hydrogens (tertiary/aromatic N) is 6. The van der Waals surface area contributed by atoms with Gasteiger partial charge in [-0.3, -0.25) is 4.79 Å². The molecule has 1 aliphatic rings. The maximum Gasteiger partial charge on any atom is 0.230 e. The summed E-state index contributed by atoms with van der Waals surface area (Å²) in [6.45, 7) is 2.48. The van der Waals surface area contributed by atoms with Crippen molar-refractivity contribution in [2.45, 2.75) is 32.3 Å². The van der Waals surface area contributed by atoms with Gasteiger partial charge in [0.25, 0.3) is 0 Å². The number of carbonyl (C=O) groups excluding carboxylic acids is 1. The largest absolute Gasteiger partial charge is 0.389 e. The first kappa shape index (κ1) is 21.5. The van der Waals surface area contributed by atoms with Crippen molar-refractivity contribution in [2.24, 2.45) is 12.2 Å². The first-order valence-corrected chi connectivity index (χ1v) is 10.1. The number of anilines is 1. The Morgan fingerprint density at radius 3 is 2.81 bits per heavy atom. The predicted octanol–water partition coefficient (Wildman–Crippen LogP) is 1.66. The minimum atomic E-state index is -0.530. The molecule has 2 aromatic heterocycles. The number of rotatable bonds is 8. The van der Waals surface area contributed by atoms with Crippen molar-refractivity contribution in [3.63, 3.8) is 0 Å². The third kappa shape index (κ3) is 5.50. The molecule has 166 valence electrons. The van der Waals surface area contributed by atoms with Crippen LogP contribution < -0.4 is 5.32 Å². The first-order chi connectivity index (χ1) is 15.6. The van der Waals surface area contributed by atoms with Crippen LogP contribution in [-0.2, 0) is 32.8 Å². The van der Waals surface area contributed by atoms with Crippen molar-refractivity contribution >= 4 is 17.4 Å². The minimum Gasteiger partial charge on any atom is -0.389 e. The van der Waals surface area contributed by atoms with Gasteiger partial charge in [0.15, 0.2) is 18.6 Å². The van der Waals surface area contributed by atoms with E-state index in [1.54, 1.807) is 25.2 Å². The normalized spacial score (nSPS) is 18.5. The van der Waals surface area contributed by atoms with Crippen molar-refractivity contribution in [1.29, 1.82) is 0 Å². The molecule has 0 spiro atoms. The fourth-order valence-electron chi connectivity index (χ4n) is 3.07. The fraction of sp³-hybridized carbons (Fsp3) is 0.333. The van der Waals surface area contributed by atoms with E-state index < -0.39 is 6.29 Å². The molecule has 11 nitrogen and oxygen atoms in total. The number of carbonyl (C=O) groups is 1. The molecule has 2 unspecified atom stereocenters. The highest BCUT2D eigenvalue weighted by Gasteiger charge is 2.25. The summed E-state index contributed by atoms with van der Waals surface area (Å²) >= 11 is 0. The Morgan fingerprint density at radius 2 is 2.09 bits per heavy atom. The van der Waals surface area contributed by atoms with E-state index in [9.17, 15) is 4.79 Å². The van der Waals surface area contributed by atoms with Gasteiger partial charge in [-0.15, -0.1) is 5.10 Å². The van der Waals surface area contributed by atoms with Gasteiger partial charge in [0, 0.05) is 12.6 Å². The average Bonchev–Trinajstić information content (AvgIpc) is 3.39. The lowest BCUT2D eigenvalue weighted by atomic mass is 10.1. The van der Waals surface area contributed by atoms with Crippen LogP contribution in [0.25, 0.3) is 0 Å². The highest BCUT2D eigenvalue weighted by Crippen LogP contribution is 2.15. The van der Waals surface area contributed by atoms with Crippen LogP contribution >= 0.6 is 0 Å². The zero-order chi connectivity index (χ0) is 22.3. The van der Waals surface area contributed by atoms with Crippen LogP contribution in [0.5, 0.6) is 0 Å². The molecule has 1 N–H and O–H groups in total. The Kier molecular flexibility index (Phi) is 6.78. The number of benzene rings is 1. The molecule has 1 aromatic carbocycles. The molecule has 32 heavy (non-hydrogen) atoms. The van der Waals surface area contributed by atoms with Crippen LogP contribution in [0.4, 0.5) is 5.82 Å². The van der Waals surface area contributed by atoms with Crippen molar-refractivity contribution in [3.05, 3.63) is 65.6 Å². The van der Waals surface area contributed by atoms with Gasteiger partial charge in [-0.1, -0.05) is 41.6 Å². The quantitative estimate of drug-likeness (QED) is 0.417. The molecule has 3 heterocycles. The number of oxime groups is 1. The molecule has 2 atom stereocenters. The van der Waals surface area contributed by atoms with Gasteiger partial charge >= 0.3 is 0 Å². The molecule has 1 aliphatic heterocycles. The van der Waals surface area contributed by atoms with Crippen LogP contribution in [0.15, 0.2) is 53.7 Å². The second-order valence-electron chi connectivity index (χ2n) is 7.18. The van der Waals surface area contributed by atoms with Gasteiger partial charge in [-0.05, 0) is 29.5 Å². The fourth-order valence-corrected chi connectivity index (χ4v) is 3.07. The van der Waals surface area contributed by atoms with Crippen LogP contribution in [0.3, 0.4) is 0 Å². The second-order valence-corrected chi connectivity index (χ2v) is 7.18. The van der Waals surface area contributed by atoms with Gasteiger partial charge in [0.05, 0.1) is 24.8 Å². The van der Waals surface area contributed by atoms with Crippen molar-refractivity contribution in [1.82, 2.24) is 25.2 Å². The first-order valence-electron chi connectivity index (χ1n) is 10.1. The molecule has 1 amide bonds. The summed E-state index contributed by atoms with van der Waals surface area (Å²) in [4.78, 5) is 22.2. The van der Waals surface area contributed by atoms with E-state index in [1.807, 2.05) is 37.3 Å². The Hall–Kier alpha value is -3.70. The van der Waals surface area contributed by atoms with Crippen LogP contribution in [0.1, 0.15) is 30.4 Å². The van der Waals surface area contributed by atoms with Crippen molar-refractivity contribution in [3.8, 4) is 0 Å². The van der Waals surface area contributed by atoms with Crippen molar-refractivity contribution < 1.29 is 19.1 Å². The molecular weight excluding hydrogens is 414 g/mol. The number of tetrazole rings is 1. The minimum absolute atomic E-state index is 0.00920. The topological polar surface area (TPSA) is 126 Å². The van der Waals surface area contributed by atoms with E-state index in [1.165, 1.54) is 4.68 Å². The average molecular weight is 437 g/mol. The molecule has 4 rings (SSSR count). The maximum atomic E-state index is 12.2. The zero-order valence-electron chi connectivity index (χ0n) is 17.7. The lowest BCUT2D eigenvalue weighted by Crippen LogP contribution is -2.21. The van der Waals surface area contributed by atoms with Gasteiger partial charge in [0.2, 0.25) is 11.7 Å². The highest BCUT2D eigenvalue weighted by atomic mass is 16.7. The predicted molar refractivity (Wildman–Crippen MR) is 113 cm³/mol.